The second-order valence-electron chi connectivity index (χ2n) is 4.40. The number of ether oxygens (including phenoxy) is 1. The number of nitrogens with two attached hydrogens (primary N) is 1. The van der Waals surface area contributed by atoms with Gasteiger partial charge < -0.3 is 10.5 Å². The minimum Gasteiger partial charge on any atom is -0.488 e. The van der Waals surface area contributed by atoms with Crippen LogP contribution in [-0.2, 0) is 6.61 Å². The molecule has 2 aromatic carbocycles. The third-order valence-electron chi connectivity index (χ3n) is 2.79. The molecule has 0 amide bonds. The number of halogens is 1. The van der Waals surface area contributed by atoms with Crippen LogP contribution in [0.4, 0.5) is 5.69 Å². The summed E-state index contributed by atoms with van der Waals surface area (Å²) in [5.74, 6) is 0.899. The monoisotopic (exact) mass is 261 g/mol. The molecular weight excluding hydrogens is 246 g/mol. The fourth-order valence-electron chi connectivity index (χ4n) is 1.89. The van der Waals surface area contributed by atoms with Crippen LogP contribution in [0, 0.1) is 13.8 Å². The molecule has 18 heavy (non-hydrogen) atoms. The van der Waals surface area contributed by atoms with E-state index in [0.717, 1.165) is 33.1 Å². The number of nitrogen functional groups attached to an aromatic ring is 1. The van der Waals surface area contributed by atoms with Crippen LogP contribution >= 0.6 is 11.6 Å². The van der Waals surface area contributed by atoms with Crippen LogP contribution in [0.25, 0.3) is 0 Å². The average Bonchev–Trinajstić information content (AvgIpc) is 2.30. The Hall–Kier alpha value is -1.67. The van der Waals surface area contributed by atoms with Gasteiger partial charge >= 0.3 is 0 Å². The van der Waals surface area contributed by atoms with Crippen LogP contribution in [0.15, 0.2) is 36.4 Å². The molecule has 0 aliphatic carbocycles. The first-order valence-electron chi connectivity index (χ1n) is 5.80. The molecule has 0 radical (unpaired) electrons. The SMILES string of the molecule is Cc1cc(Cl)cc(C)c1OCc1ccc(N)cc1. The third kappa shape index (κ3) is 2.96. The molecule has 0 spiro atoms. The van der Waals surface area contributed by atoms with Crippen molar-refractivity contribution in [3.8, 4) is 5.75 Å². The summed E-state index contributed by atoms with van der Waals surface area (Å²) < 4.78 is 5.85. The Morgan fingerprint density at radius 2 is 1.61 bits per heavy atom. The number of aryl methyl sites for hydroxylation is 2. The van der Waals surface area contributed by atoms with Crippen molar-refractivity contribution >= 4 is 17.3 Å². The molecule has 0 unspecified atom stereocenters. The summed E-state index contributed by atoms with van der Waals surface area (Å²) in [6.07, 6.45) is 0. The van der Waals surface area contributed by atoms with Gasteiger partial charge in [-0.25, -0.2) is 0 Å². The molecule has 0 saturated heterocycles. The zero-order valence-electron chi connectivity index (χ0n) is 10.5. The van der Waals surface area contributed by atoms with Crippen molar-refractivity contribution in [3.63, 3.8) is 0 Å². The lowest BCUT2D eigenvalue weighted by Gasteiger charge is -2.12. The molecule has 0 heterocycles. The van der Waals surface area contributed by atoms with Gasteiger partial charge in [0.15, 0.2) is 0 Å². The largest absolute Gasteiger partial charge is 0.488 e. The lowest BCUT2D eigenvalue weighted by atomic mass is 10.1. The topological polar surface area (TPSA) is 35.2 Å². The number of anilines is 1. The molecule has 0 bridgehead atoms. The Morgan fingerprint density at radius 3 is 2.17 bits per heavy atom. The van der Waals surface area contributed by atoms with Crippen molar-refractivity contribution in [2.24, 2.45) is 0 Å². The highest BCUT2D eigenvalue weighted by atomic mass is 35.5. The standard InChI is InChI=1S/C15H16ClNO/c1-10-7-13(16)8-11(2)15(10)18-9-12-3-5-14(17)6-4-12/h3-8H,9,17H2,1-2H3. The zero-order chi connectivity index (χ0) is 13.1. The number of hydrogen-bond donors (Lipinski definition) is 1. The molecule has 2 N–H and O–H groups in total. The third-order valence-corrected chi connectivity index (χ3v) is 3.01. The second kappa shape index (κ2) is 5.32. The van der Waals surface area contributed by atoms with E-state index in [2.05, 4.69) is 0 Å². The summed E-state index contributed by atoms with van der Waals surface area (Å²) in [6, 6.07) is 11.5. The lowest BCUT2D eigenvalue weighted by molar-refractivity contribution is 0.302. The summed E-state index contributed by atoms with van der Waals surface area (Å²) in [4.78, 5) is 0. The minimum atomic E-state index is 0.531. The Labute approximate surface area is 112 Å². The molecule has 94 valence electrons. The molecule has 2 aromatic rings. The predicted octanol–water partition coefficient (Wildman–Crippen LogP) is 4.12. The molecule has 0 atom stereocenters. The normalized spacial score (nSPS) is 10.4. The Morgan fingerprint density at radius 1 is 1.06 bits per heavy atom. The molecule has 0 aromatic heterocycles. The molecule has 0 aliphatic heterocycles. The fourth-order valence-corrected chi connectivity index (χ4v) is 2.22. The summed E-state index contributed by atoms with van der Waals surface area (Å²) in [7, 11) is 0. The first-order chi connectivity index (χ1) is 8.56. The maximum atomic E-state index is 5.99. The van der Waals surface area contributed by atoms with E-state index in [1.54, 1.807) is 0 Å². The first-order valence-corrected chi connectivity index (χ1v) is 6.18. The molecule has 3 heteroatoms. The van der Waals surface area contributed by atoms with Gasteiger partial charge in [0.1, 0.15) is 12.4 Å². The molecule has 0 fully saturated rings. The Bertz CT molecular complexity index is 526. The van der Waals surface area contributed by atoms with E-state index >= 15 is 0 Å². The maximum Gasteiger partial charge on any atom is 0.125 e. The quantitative estimate of drug-likeness (QED) is 0.844. The van der Waals surface area contributed by atoms with Crippen molar-refractivity contribution < 1.29 is 4.74 Å². The predicted molar refractivity (Wildman–Crippen MR) is 76.1 cm³/mol. The smallest absolute Gasteiger partial charge is 0.125 e. The lowest BCUT2D eigenvalue weighted by Crippen LogP contribution is -1.99. The van der Waals surface area contributed by atoms with Gasteiger partial charge in [0.2, 0.25) is 0 Å². The molecule has 0 saturated carbocycles. The summed E-state index contributed by atoms with van der Waals surface area (Å²) in [6.45, 7) is 4.53. The van der Waals surface area contributed by atoms with Crippen LogP contribution in [0.1, 0.15) is 16.7 Å². The van der Waals surface area contributed by atoms with Crippen LogP contribution < -0.4 is 10.5 Å². The van der Waals surface area contributed by atoms with Crippen molar-refractivity contribution in [2.45, 2.75) is 20.5 Å². The van der Waals surface area contributed by atoms with E-state index in [1.807, 2.05) is 50.2 Å². The second-order valence-corrected chi connectivity index (χ2v) is 4.84. The van der Waals surface area contributed by atoms with Gasteiger partial charge in [0, 0.05) is 10.7 Å². The van der Waals surface area contributed by atoms with Gasteiger partial charge in [-0.05, 0) is 54.8 Å². The molecule has 2 rings (SSSR count). The van der Waals surface area contributed by atoms with Crippen LogP contribution in [0.5, 0.6) is 5.75 Å². The molecular formula is C15H16ClNO. The van der Waals surface area contributed by atoms with Crippen LogP contribution in [-0.4, -0.2) is 0 Å². The summed E-state index contributed by atoms with van der Waals surface area (Å²) in [5, 5.41) is 0.741. The van der Waals surface area contributed by atoms with Crippen molar-refractivity contribution in [3.05, 3.63) is 58.1 Å². The van der Waals surface area contributed by atoms with Crippen molar-refractivity contribution in [1.29, 1.82) is 0 Å². The highest BCUT2D eigenvalue weighted by molar-refractivity contribution is 6.30. The van der Waals surface area contributed by atoms with Crippen molar-refractivity contribution in [2.75, 3.05) is 5.73 Å². The Kier molecular flexibility index (Phi) is 3.78. The highest BCUT2D eigenvalue weighted by Gasteiger charge is 2.06. The van der Waals surface area contributed by atoms with E-state index in [9.17, 15) is 0 Å². The maximum absolute atomic E-state index is 5.99. The fraction of sp³-hybridized carbons (Fsp3) is 0.200. The minimum absolute atomic E-state index is 0.531. The van der Waals surface area contributed by atoms with E-state index in [0.29, 0.717) is 6.61 Å². The van der Waals surface area contributed by atoms with Gasteiger partial charge in [-0.3, -0.25) is 0 Å². The zero-order valence-corrected chi connectivity index (χ0v) is 11.3. The number of hydrogen-bond acceptors (Lipinski definition) is 2. The van der Waals surface area contributed by atoms with Gasteiger partial charge in [-0.2, -0.15) is 0 Å². The average molecular weight is 262 g/mol. The van der Waals surface area contributed by atoms with E-state index in [1.165, 1.54) is 0 Å². The van der Waals surface area contributed by atoms with E-state index in [4.69, 9.17) is 22.1 Å². The molecule has 0 aliphatic rings. The van der Waals surface area contributed by atoms with E-state index in [-0.39, 0.29) is 0 Å². The van der Waals surface area contributed by atoms with Crippen molar-refractivity contribution in [1.82, 2.24) is 0 Å². The van der Waals surface area contributed by atoms with Crippen LogP contribution in [0.2, 0.25) is 5.02 Å². The van der Waals surface area contributed by atoms with E-state index < -0.39 is 0 Å². The molecule has 2 nitrogen and oxygen atoms in total. The van der Waals surface area contributed by atoms with Gasteiger partial charge in [-0.1, -0.05) is 23.7 Å². The summed E-state index contributed by atoms with van der Waals surface area (Å²) in [5.41, 5.74) is 9.60. The summed E-state index contributed by atoms with van der Waals surface area (Å²) >= 11 is 5.99. The number of benzene rings is 2. The Balaban J connectivity index is 2.13. The van der Waals surface area contributed by atoms with Crippen LogP contribution in [0.3, 0.4) is 0 Å². The van der Waals surface area contributed by atoms with Gasteiger partial charge in [-0.15, -0.1) is 0 Å². The van der Waals surface area contributed by atoms with Gasteiger partial charge in [0.05, 0.1) is 0 Å². The number of rotatable bonds is 3. The first kappa shape index (κ1) is 12.8. The highest BCUT2D eigenvalue weighted by Crippen LogP contribution is 2.27. The van der Waals surface area contributed by atoms with Gasteiger partial charge in [0.25, 0.3) is 0 Å².